The van der Waals surface area contributed by atoms with Gasteiger partial charge in [-0.15, -0.1) is 0 Å². The van der Waals surface area contributed by atoms with Gasteiger partial charge >= 0.3 is 0 Å². The molecule has 1 saturated carbocycles. The van der Waals surface area contributed by atoms with Gasteiger partial charge in [-0.25, -0.2) is 0 Å². The van der Waals surface area contributed by atoms with E-state index in [2.05, 4.69) is 0 Å². The molecule has 1 aliphatic heterocycles. The molecule has 0 radical (unpaired) electrons. The van der Waals surface area contributed by atoms with E-state index >= 15 is 0 Å². The van der Waals surface area contributed by atoms with Gasteiger partial charge in [-0.05, 0) is 32.1 Å². The van der Waals surface area contributed by atoms with Gasteiger partial charge in [-0.3, -0.25) is 4.79 Å². The second kappa shape index (κ2) is 4.08. The van der Waals surface area contributed by atoms with E-state index in [-0.39, 0.29) is 5.91 Å². The van der Waals surface area contributed by atoms with E-state index in [1.807, 2.05) is 4.90 Å². The van der Waals surface area contributed by atoms with Crippen molar-refractivity contribution >= 4 is 23.1 Å². The topological polar surface area (TPSA) is 46.3 Å². The van der Waals surface area contributed by atoms with E-state index in [0.29, 0.717) is 4.99 Å². The number of amides is 1. The van der Waals surface area contributed by atoms with Crippen LogP contribution in [0.1, 0.15) is 38.5 Å². The van der Waals surface area contributed by atoms with Crippen LogP contribution in [0.5, 0.6) is 0 Å². The maximum absolute atomic E-state index is 12.3. The van der Waals surface area contributed by atoms with Gasteiger partial charge in [0, 0.05) is 13.1 Å². The highest BCUT2D eigenvalue weighted by Gasteiger charge is 2.48. The second-order valence-electron chi connectivity index (χ2n) is 4.65. The highest BCUT2D eigenvalue weighted by molar-refractivity contribution is 7.80. The van der Waals surface area contributed by atoms with Gasteiger partial charge < -0.3 is 10.6 Å². The molecule has 1 heterocycles. The average Bonchev–Trinajstić information content (AvgIpc) is 2.16. The molecule has 1 saturated heterocycles. The fourth-order valence-corrected chi connectivity index (χ4v) is 2.79. The summed E-state index contributed by atoms with van der Waals surface area (Å²) in [4.78, 5) is 14.7. The number of rotatable bonds is 2. The highest BCUT2D eigenvalue weighted by atomic mass is 32.1. The largest absolute Gasteiger partial charge is 0.392 e. The van der Waals surface area contributed by atoms with Crippen molar-refractivity contribution in [1.82, 2.24) is 4.90 Å². The summed E-state index contributed by atoms with van der Waals surface area (Å²) in [5, 5.41) is 0. The Morgan fingerprint density at radius 1 is 1.13 bits per heavy atom. The van der Waals surface area contributed by atoms with Crippen molar-refractivity contribution in [2.45, 2.75) is 38.5 Å². The molecule has 2 aliphatic rings. The third kappa shape index (κ3) is 1.75. The quantitative estimate of drug-likeness (QED) is 0.725. The molecule has 0 aromatic carbocycles. The Balaban J connectivity index is 2.07. The van der Waals surface area contributed by atoms with Gasteiger partial charge in [-0.2, -0.15) is 0 Å². The molecule has 84 valence electrons. The van der Waals surface area contributed by atoms with Crippen LogP contribution in [0.15, 0.2) is 0 Å². The molecule has 0 aromatic heterocycles. The molecular weight excluding hydrogens is 208 g/mol. The first kappa shape index (κ1) is 10.9. The summed E-state index contributed by atoms with van der Waals surface area (Å²) in [5.41, 5.74) is 5.26. The van der Waals surface area contributed by atoms with E-state index in [1.165, 1.54) is 6.42 Å². The van der Waals surface area contributed by atoms with E-state index in [4.69, 9.17) is 18.0 Å². The van der Waals surface area contributed by atoms with Crippen molar-refractivity contribution in [1.29, 1.82) is 0 Å². The minimum atomic E-state index is -0.466. The molecular formula is C11H18N2OS. The zero-order valence-corrected chi connectivity index (χ0v) is 9.81. The fraction of sp³-hybridized carbons (Fsp3) is 0.818. The molecule has 0 unspecified atom stereocenters. The van der Waals surface area contributed by atoms with Gasteiger partial charge in [-0.1, -0.05) is 18.6 Å². The van der Waals surface area contributed by atoms with Crippen molar-refractivity contribution in [3.63, 3.8) is 0 Å². The molecule has 0 spiro atoms. The molecule has 2 N–H and O–H groups in total. The van der Waals surface area contributed by atoms with Crippen molar-refractivity contribution in [2.24, 2.45) is 11.1 Å². The predicted octanol–water partition coefficient (Wildman–Crippen LogP) is 1.46. The van der Waals surface area contributed by atoms with Gasteiger partial charge in [0.2, 0.25) is 5.91 Å². The molecule has 4 heteroatoms. The van der Waals surface area contributed by atoms with Crippen LogP contribution in [0.4, 0.5) is 0 Å². The van der Waals surface area contributed by atoms with Crippen molar-refractivity contribution in [2.75, 3.05) is 13.1 Å². The number of piperidine rings is 1. The van der Waals surface area contributed by atoms with Crippen LogP contribution in [0.3, 0.4) is 0 Å². The molecule has 0 atom stereocenters. The lowest BCUT2D eigenvalue weighted by molar-refractivity contribution is -0.142. The Morgan fingerprint density at radius 3 is 2.13 bits per heavy atom. The van der Waals surface area contributed by atoms with Crippen LogP contribution in [0, 0.1) is 5.41 Å². The van der Waals surface area contributed by atoms with Gasteiger partial charge in [0.1, 0.15) is 0 Å². The third-order valence-electron chi connectivity index (χ3n) is 3.73. The van der Waals surface area contributed by atoms with Crippen LogP contribution >= 0.6 is 12.2 Å². The maximum Gasteiger partial charge on any atom is 0.235 e. The minimum Gasteiger partial charge on any atom is -0.392 e. The molecule has 2 fully saturated rings. The Morgan fingerprint density at radius 2 is 1.73 bits per heavy atom. The summed E-state index contributed by atoms with van der Waals surface area (Å²) in [7, 11) is 0. The van der Waals surface area contributed by atoms with E-state index in [1.54, 1.807) is 0 Å². The number of nitrogens with zero attached hydrogens (tertiary/aromatic N) is 1. The molecule has 0 bridgehead atoms. The van der Waals surface area contributed by atoms with Crippen molar-refractivity contribution < 1.29 is 4.79 Å². The maximum atomic E-state index is 12.3. The molecule has 3 nitrogen and oxygen atoms in total. The lowest BCUT2D eigenvalue weighted by Gasteiger charge is -2.43. The molecule has 1 amide bonds. The van der Waals surface area contributed by atoms with Gasteiger partial charge in [0.05, 0.1) is 10.4 Å². The first-order valence-electron chi connectivity index (χ1n) is 5.76. The Labute approximate surface area is 96.0 Å². The summed E-state index contributed by atoms with van der Waals surface area (Å²) in [6.45, 7) is 1.78. The molecule has 0 aromatic rings. The number of hydrogen-bond donors (Lipinski definition) is 1. The van der Waals surface area contributed by atoms with Gasteiger partial charge in [0.25, 0.3) is 0 Å². The number of hydrogen-bond acceptors (Lipinski definition) is 2. The summed E-state index contributed by atoms with van der Waals surface area (Å²) >= 11 is 5.06. The van der Waals surface area contributed by atoms with Crippen LogP contribution in [0.25, 0.3) is 0 Å². The van der Waals surface area contributed by atoms with E-state index in [0.717, 1.165) is 45.2 Å². The number of carbonyl (C=O) groups excluding carboxylic acids is 1. The predicted molar refractivity (Wildman–Crippen MR) is 63.5 cm³/mol. The summed E-state index contributed by atoms with van der Waals surface area (Å²) in [6, 6.07) is 0. The first-order chi connectivity index (χ1) is 7.17. The smallest absolute Gasteiger partial charge is 0.235 e. The lowest BCUT2D eigenvalue weighted by Crippen LogP contribution is -2.55. The van der Waals surface area contributed by atoms with Crippen molar-refractivity contribution in [3.8, 4) is 0 Å². The number of carbonyl (C=O) groups is 1. The van der Waals surface area contributed by atoms with Crippen molar-refractivity contribution in [3.05, 3.63) is 0 Å². The Bertz CT molecular complexity index is 280. The lowest BCUT2D eigenvalue weighted by atomic mass is 9.67. The number of likely N-dealkylation sites (tertiary alicyclic amines) is 1. The first-order valence-corrected chi connectivity index (χ1v) is 6.17. The number of nitrogens with two attached hydrogens (primary N) is 1. The standard InChI is InChI=1S/C11H18N2OS/c12-9(15)11(5-4-6-11)10(14)13-7-2-1-3-8-13/h1-8H2,(H2,12,15). The highest BCUT2D eigenvalue weighted by Crippen LogP contribution is 2.43. The zero-order chi connectivity index (χ0) is 10.9. The molecule has 2 rings (SSSR count). The zero-order valence-electron chi connectivity index (χ0n) is 9.00. The van der Waals surface area contributed by atoms with E-state index < -0.39 is 5.41 Å². The minimum absolute atomic E-state index is 0.195. The Kier molecular flexibility index (Phi) is 2.96. The summed E-state index contributed by atoms with van der Waals surface area (Å²) in [6.07, 6.45) is 6.29. The monoisotopic (exact) mass is 226 g/mol. The summed E-state index contributed by atoms with van der Waals surface area (Å²) in [5.74, 6) is 0.195. The van der Waals surface area contributed by atoms with Crippen LogP contribution in [0.2, 0.25) is 0 Å². The third-order valence-corrected chi connectivity index (χ3v) is 4.12. The summed E-state index contributed by atoms with van der Waals surface area (Å²) < 4.78 is 0. The Hall–Kier alpha value is -0.640. The SMILES string of the molecule is NC(=S)C1(C(=O)N2CCCCC2)CCC1. The van der Waals surface area contributed by atoms with Crippen LogP contribution in [-0.4, -0.2) is 28.9 Å². The second-order valence-corrected chi connectivity index (χ2v) is 5.09. The average molecular weight is 226 g/mol. The molecule has 1 aliphatic carbocycles. The van der Waals surface area contributed by atoms with Crippen LogP contribution in [-0.2, 0) is 4.79 Å². The van der Waals surface area contributed by atoms with Gasteiger partial charge in [0.15, 0.2) is 0 Å². The molecule has 15 heavy (non-hydrogen) atoms. The fourth-order valence-electron chi connectivity index (χ4n) is 2.50. The van der Waals surface area contributed by atoms with Crippen LogP contribution < -0.4 is 5.73 Å². The normalized spacial score (nSPS) is 24.4. The number of thiocarbonyl (C=S) groups is 1. The van der Waals surface area contributed by atoms with E-state index in [9.17, 15) is 4.79 Å².